The van der Waals surface area contributed by atoms with Crippen LogP contribution in [-0.4, -0.2) is 30.1 Å². The largest absolute Gasteiger partial charge is 0.328 e. The zero-order valence-electron chi connectivity index (χ0n) is 9.88. The van der Waals surface area contributed by atoms with E-state index >= 15 is 0 Å². The Morgan fingerprint density at radius 1 is 1.40 bits per heavy atom. The lowest BCUT2D eigenvalue weighted by Gasteiger charge is -2.36. The molecular weight excluding hydrogens is 188 g/mol. The molecule has 0 bridgehead atoms. The topological polar surface area (TPSA) is 32.3 Å². The first kappa shape index (κ1) is 10.9. The fraction of sp³-hybridized carbons (Fsp3) is 0.917. The second-order valence-corrected chi connectivity index (χ2v) is 5.49. The highest BCUT2D eigenvalue weighted by atomic mass is 16.2. The van der Waals surface area contributed by atoms with Crippen LogP contribution in [0.15, 0.2) is 0 Å². The van der Waals surface area contributed by atoms with Crippen molar-refractivity contribution in [3.05, 3.63) is 0 Å². The normalized spacial score (nSPS) is 30.9. The van der Waals surface area contributed by atoms with Gasteiger partial charge in [0.05, 0.1) is 12.7 Å². The number of hydrogen-bond acceptors (Lipinski definition) is 2. The predicted octanol–water partition coefficient (Wildman–Crippen LogP) is 1.73. The second-order valence-electron chi connectivity index (χ2n) is 5.49. The molecule has 2 aliphatic rings. The van der Waals surface area contributed by atoms with Crippen molar-refractivity contribution in [1.82, 2.24) is 10.2 Å². The summed E-state index contributed by atoms with van der Waals surface area (Å²) in [6.45, 7) is 5.98. The molecule has 0 spiro atoms. The summed E-state index contributed by atoms with van der Waals surface area (Å²) in [6.07, 6.45) is 6.61. The van der Waals surface area contributed by atoms with Gasteiger partial charge in [-0.25, -0.2) is 0 Å². The van der Waals surface area contributed by atoms with Gasteiger partial charge in [0.25, 0.3) is 0 Å². The third kappa shape index (κ3) is 2.33. The minimum atomic E-state index is 0.0252. The maximum atomic E-state index is 11.8. The van der Waals surface area contributed by atoms with Gasteiger partial charge in [-0.05, 0) is 25.2 Å². The molecule has 2 rings (SSSR count). The van der Waals surface area contributed by atoms with Gasteiger partial charge in [0.15, 0.2) is 0 Å². The molecule has 1 N–H and O–H groups in total. The molecule has 86 valence electrons. The molecule has 1 heterocycles. The zero-order chi connectivity index (χ0) is 10.9. The van der Waals surface area contributed by atoms with Gasteiger partial charge < -0.3 is 4.90 Å². The summed E-state index contributed by atoms with van der Waals surface area (Å²) in [5.41, 5.74) is 0.375. The molecule has 1 saturated heterocycles. The first-order valence-electron chi connectivity index (χ1n) is 6.13. The molecule has 3 heteroatoms. The third-order valence-electron chi connectivity index (χ3n) is 3.90. The quantitative estimate of drug-likeness (QED) is 0.753. The van der Waals surface area contributed by atoms with Gasteiger partial charge in [-0.3, -0.25) is 10.1 Å². The summed E-state index contributed by atoms with van der Waals surface area (Å²) >= 11 is 0. The van der Waals surface area contributed by atoms with E-state index in [1.54, 1.807) is 0 Å². The first-order valence-corrected chi connectivity index (χ1v) is 6.13. The van der Waals surface area contributed by atoms with Crippen LogP contribution in [0.1, 0.15) is 46.0 Å². The summed E-state index contributed by atoms with van der Waals surface area (Å²) < 4.78 is 0. The number of nitrogens with one attached hydrogen (secondary N) is 1. The highest BCUT2D eigenvalue weighted by molar-refractivity contribution is 5.83. The summed E-state index contributed by atoms with van der Waals surface area (Å²) in [7, 11) is 0. The third-order valence-corrected chi connectivity index (χ3v) is 3.90. The van der Waals surface area contributed by atoms with E-state index < -0.39 is 0 Å². The van der Waals surface area contributed by atoms with Crippen LogP contribution in [0.5, 0.6) is 0 Å². The Bertz CT molecular complexity index is 246. The second kappa shape index (κ2) is 4.12. The fourth-order valence-corrected chi connectivity index (χ4v) is 2.84. The molecule has 0 radical (unpaired) electrons. The number of carbonyl (C=O) groups is 1. The van der Waals surface area contributed by atoms with Gasteiger partial charge in [0.2, 0.25) is 5.91 Å². The standard InChI is InChI=1S/C12H22N2O/c1-10-11(15)14(9-13-10)8-12(2)6-4-3-5-7-12/h10,13H,3-9H2,1-2H3. The van der Waals surface area contributed by atoms with Crippen LogP contribution in [-0.2, 0) is 4.79 Å². The molecule has 3 nitrogen and oxygen atoms in total. The van der Waals surface area contributed by atoms with Crippen molar-refractivity contribution in [2.75, 3.05) is 13.2 Å². The van der Waals surface area contributed by atoms with E-state index in [1.807, 2.05) is 11.8 Å². The van der Waals surface area contributed by atoms with E-state index in [-0.39, 0.29) is 11.9 Å². The Labute approximate surface area is 92.2 Å². The summed E-state index contributed by atoms with van der Waals surface area (Å²) in [4.78, 5) is 13.8. The van der Waals surface area contributed by atoms with Crippen LogP contribution in [0.2, 0.25) is 0 Å². The summed E-state index contributed by atoms with van der Waals surface area (Å²) in [5.74, 6) is 0.279. The molecule has 1 aliphatic heterocycles. The van der Waals surface area contributed by atoms with Crippen LogP contribution >= 0.6 is 0 Å². The van der Waals surface area contributed by atoms with Crippen LogP contribution in [0.4, 0.5) is 0 Å². The predicted molar refractivity (Wildman–Crippen MR) is 60.4 cm³/mol. The summed E-state index contributed by atoms with van der Waals surface area (Å²) in [6, 6.07) is 0.0252. The van der Waals surface area contributed by atoms with E-state index in [0.29, 0.717) is 5.41 Å². The highest BCUT2D eigenvalue weighted by Gasteiger charge is 2.34. The van der Waals surface area contributed by atoms with Gasteiger partial charge in [-0.2, -0.15) is 0 Å². The Hall–Kier alpha value is -0.570. The van der Waals surface area contributed by atoms with Gasteiger partial charge in [-0.15, -0.1) is 0 Å². The van der Waals surface area contributed by atoms with Crippen LogP contribution < -0.4 is 5.32 Å². The average Bonchev–Trinajstić information content (AvgIpc) is 2.50. The molecular formula is C12H22N2O. The molecule has 1 unspecified atom stereocenters. The number of hydrogen-bond donors (Lipinski definition) is 1. The Morgan fingerprint density at radius 2 is 2.07 bits per heavy atom. The average molecular weight is 210 g/mol. The van der Waals surface area contributed by atoms with Gasteiger partial charge in [-0.1, -0.05) is 26.2 Å². The molecule has 1 aliphatic carbocycles. The minimum absolute atomic E-state index is 0.0252. The molecule has 0 aromatic heterocycles. The molecule has 1 amide bonds. The van der Waals surface area contributed by atoms with Crippen molar-refractivity contribution in [1.29, 1.82) is 0 Å². The van der Waals surface area contributed by atoms with Crippen molar-refractivity contribution in [3.63, 3.8) is 0 Å². The van der Waals surface area contributed by atoms with E-state index in [9.17, 15) is 4.79 Å². The van der Waals surface area contributed by atoms with E-state index in [0.717, 1.165) is 13.2 Å². The SMILES string of the molecule is CC1NCN(CC2(C)CCCCC2)C1=O. The lowest BCUT2D eigenvalue weighted by molar-refractivity contribution is -0.130. The fourth-order valence-electron chi connectivity index (χ4n) is 2.84. The Kier molecular flexibility index (Phi) is 3.01. The molecule has 15 heavy (non-hydrogen) atoms. The van der Waals surface area contributed by atoms with Crippen LogP contribution in [0, 0.1) is 5.41 Å². The maximum Gasteiger partial charge on any atom is 0.240 e. The van der Waals surface area contributed by atoms with Crippen molar-refractivity contribution < 1.29 is 4.79 Å². The van der Waals surface area contributed by atoms with Crippen molar-refractivity contribution >= 4 is 5.91 Å². The minimum Gasteiger partial charge on any atom is -0.328 e. The van der Waals surface area contributed by atoms with E-state index in [4.69, 9.17) is 0 Å². The smallest absolute Gasteiger partial charge is 0.240 e. The van der Waals surface area contributed by atoms with Crippen LogP contribution in [0.25, 0.3) is 0 Å². The lowest BCUT2D eigenvalue weighted by Crippen LogP contribution is -2.39. The van der Waals surface area contributed by atoms with E-state index in [2.05, 4.69) is 12.2 Å². The van der Waals surface area contributed by atoms with E-state index in [1.165, 1.54) is 32.1 Å². The van der Waals surface area contributed by atoms with Gasteiger partial charge >= 0.3 is 0 Å². The van der Waals surface area contributed by atoms with Crippen molar-refractivity contribution in [3.8, 4) is 0 Å². The van der Waals surface area contributed by atoms with Crippen molar-refractivity contribution in [2.45, 2.75) is 52.0 Å². The molecule has 2 fully saturated rings. The number of nitrogens with zero attached hydrogens (tertiary/aromatic N) is 1. The van der Waals surface area contributed by atoms with Gasteiger partial charge in [0, 0.05) is 6.54 Å². The molecule has 0 aromatic rings. The molecule has 0 aromatic carbocycles. The monoisotopic (exact) mass is 210 g/mol. The Balaban J connectivity index is 1.93. The zero-order valence-corrected chi connectivity index (χ0v) is 9.88. The van der Waals surface area contributed by atoms with Crippen LogP contribution in [0.3, 0.4) is 0 Å². The molecule has 1 atom stereocenters. The number of rotatable bonds is 2. The lowest BCUT2D eigenvalue weighted by atomic mass is 9.75. The summed E-state index contributed by atoms with van der Waals surface area (Å²) in [5, 5.41) is 3.20. The number of amides is 1. The van der Waals surface area contributed by atoms with Gasteiger partial charge in [0.1, 0.15) is 0 Å². The maximum absolute atomic E-state index is 11.8. The first-order chi connectivity index (χ1) is 7.11. The van der Waals surface area contributed by atoms with Crippen molar-refractivity contribution in [2.24, 2.45) is 5.41 Å². The molecule has 1 saturated carbocycles. The number of carbonyl (C=O) groups excluding carboxylic acids is 1. The Morgan fingerprint density at radius 3 is 2.60 bits per heavy atom. The highest BCUT2D eigenvalue weighted by Crippen LogP contribution is 2.36.